The SMILES string of the molecule is C(=N\c1nc2ccccc2s1)/c1ccc2c(c1)OCO2. The van der Waals surface area contributed by atoms with Crippen LogP contribution in [0.1, 0.15) is 5.56 Å². The fraction of sp³-hybridized carbons (Fsp3) is 0.0667. The van der Waals surface area contributed by atoms with Gasteiger partial charge in [-0.05, 0) is 35.9 Å². The third-order valence-electron chi connectivity index (χ3n) is 3.00. The lowest BCUT2D eigenvalue weighted by atomic mass is 10.2. The van der Waals surface area contributed by atoms with E-state index in [0.29, 0.717) is 0 Å². The zero-order valence-electron chi connectivity index (χ0n) is 10.4. The molecule has 0 radical (unpaired) electrons. The van der Waals surface area contributed by atoms with Crippen LogP contribution in [0.5, 0.6) is 11.5 Å². The summed E-state index contributed by atoms with van der Waals surface area (Å²) >= 11 is 1.58. The minimum atomic E-state index is 0.286. The third kappa shape index (κ3) is 2.02. The average Bonchev–Trinajstić information content (AvgIpc) is 3.10. The van der Waals surface area contributed by atoms with E-state index in [1.54, 1.807) is 17.6 Å². The molecule has 0 N–H and O–H groups in total. The van der Waals surface area contributed by atoms with Crippen molar-refractivity contribution in [3.05, 3.63) is 48.0 Å². The lowest BCUT2D eigenvalue weighted by Crippen LogP contribution is -1.92. The van der Waals surface area contributed by atoms with Crippen LogP contribution in [0.4, 0.5) is 5.13 Å². The van der Waals surface area contributed by atoms with Gasteiger partial charge < -0.3 is 9.47 Å². The Morgan fingerprint density at radius 1 is 1.10 bits per heavy atom. The number of benzene rings is 2. The molecule has 0 bridgehead atoms. The van der Waals surface area contributed by atoms with E-state index in [1.807, 2.05) is 42.5 Å². The minimum absolute atomic E-state index is 0.286. The lowest BCUT2D eigenvalue weighted by molar-refractivity contribution is 0.174. The van der Waals surface area contributed by atoms with Crippen LogP contribution in [-0.4, -0.2) is 18.0 Å². The first-order valence-electron chi connectivity index (χ1n) is 6.18. The topological polar surface area (TPSA) is 43.7 Å². The molecule has 0 saturated heterocycles. The molecule has 0 atom stereocenters. The van der Waals surface area contributed by atoms with E-state index in [4.69, 9.17) is 9.47 Å². The van der Waals surface area contributed by atoms with Crippen LogP contribution >= 0.6 is 11.3 Å². The Bertz CT molecular complexity index is 777. The summed E-state index contributed by atoms with van der Waals surface area (Å²) in [4.78, 5) is 8.89. The first-order valence-corrected chi connectivity index (χ1v) is 6.99. The zero-order chi connectivity index (χ0) is 13.4. The van der Waals surface area contributed by atoms with Gasteiger partial charge in [0.25, 0.3) is 0 Å². The molecule has 5 heteroatoms. The maximum absolute atomic E-state index is 5.34. The van der Waals surface area contributed by atoms with E-state index < -0.39 is 0 Å². The first-order chi connectivity index (χ1) is 9.88. The number of thiazole rings is 1. The van der Waals surface area contributed by atoms with Gasteiger partial charge in [0.2, 0.25) is 11.9 Å². The zero-order valence-corrected chi connectivity index (χ0v) is 11.3. The number of aromatic nitrogens is 1. The van der Waals surface area contributed by atoms with Gasteiger partial charge in [0.1, 0.15) is 0 Å². The second-order valence-corrected chi connectivity index (χ2v) is 5.34. The lowest BCUT2D eigenvalue weighted by Gasteiger charge is -1.96. The van der Waals surface area contributed by atoms with Crippen LogP contribution in [0.25, 0.3) is 10.2 Å². The summed E-state index contributed by atoms with van der Waals surface area (Å²) in [7, 11) is 0. The fourth-order valence-corrected chi connectivity index (χ4v) is 2.85. The Morgan fingerprint density at radius 2 is 2.00 bits per heavy atom. The summed E-state index contributed by atoms with van der Waals surface area (Å²) in [6.07, 6.45) is 1.79. The summed E-state index contributed by atoms with van der Waals surface area (Å²) in [5.41, 5.74) is 1.95. The molecule has 0 fully saturated rings. The number of ether oxygens (including phenoxy) is 2. The number of hydrogen-bond acceptors (Lipinski definition) is 5. The van der Waals surface area contributed by atoms with Gasteiger partial charge in [0.05, 0.1) is 10.2 Å². The molecule has 1 aromatic heterocycles. The Labute approximate surface area is 119 Å². The second kappa shape index (κ2) is 4.61. The predicted octanol–water partition coefficient (Wildman–Crippen LogP) is 3.78. The van der Waals surface area contributed by atoms with Crippen molar-refractivity contribution in [2.24, 2.45) is 4.99 Å². The van der Waals surface area contributed by atoms with Crippen molar-refractivity contribution in [1.82, 2.24) is 4.98 Å². The Kier molecular flexibility index (Phi) is 2.63. The standard InChI is InChI=1S/C15H10N2O2S/c1-2-4-14-11(3-1)17-15(20-14)16-8-10-5-6-12-13(7-10)19-9-18-12/h1-8H,9H2/b16-8+. The maximum atomic E-state index is 5.34. The van der Waals surface area contributed by atoms with Crippen molar-refractivity contribution in [2.75, 3.05) is 6.79 Å². The number of hydrogen-bond donors (Lipinski definition) is 0. The molecule has 2 aromatic carbocycles. The van der Waals surface area contributed by atoms with Crippen LogP contribution < -0.4 is 9.47 Å². The first kappa shape index (κ1) is 11.4. The molecule has 0 amide bonds. The normalized spacial score (nSPS) is 13.4. The van der Waals surface area contributed by atoms with Gasteiger partial charge in [0.15, 0.2) is 11.5 Å². The number of rotatable bonds is 2. The molecule has 3 aromatic rings. The van der Waals surface area contributed by atoms with E-state index in [2.05, 4.69) is 9.98 Å². The van der Waals surface area contributed by atoms with Crippen molar-refractivity contribution in [2.45, 2.75) is 0 Å². The molecule has 98 valence electrons. The van der Waals surface area contributed by atoms with Crippen molar-refractivity contribution < 1.29 is 9.47 Å². The predicted molar refractivity (Wildman–Crippen MR) is 79.4 cm³/mol. The molecular weight excluding hydrogens is 272 g/mol. The molecule has 4 rings (SSSR count). The van der Waals surface area contributed by atoms with E-state index >= 15 is 0 Å². The van der Waals surface area contributed by atoms with Crippen LogP contribution in [0.15, 0.2) is 47.5 Å². The van der Waals surface area contributed by atoms with Crippen molar-refractivity contribution in [1.29, 1.82) is 0 Å². The number of nitrogens with zero attached hydrogens (tertiary/aromatic N) is 2. The van der Waals surface area contributed by atoms with E-state index in [0.717, 1.165) is 32.4 Å². The molecule has 0 saturated carbocycles. The summed E-state index contributed by atoms with van der Waals surface area (Å²) < 4.78 is 11.8. The van der Waals surface area contributed by atoms with E-state index in [1.165, 1.54) is 0 Å². The highest BCUT2D eigenvalue weighted by Gasteiger charge is 2.12. The second-order valence-electron chi connectivity index (χ2n) is 4.34. The van der Waals surface area contributed by atoms with Gasteiger partial charge in [-0.15, -0.1) is 0 Å². The van der Waals surface area contributed by atoms with Crippen LogP contribution in [0.3, 0.4) is 0 Å². The van der Waals surface area contributed by atoms with Crippen LogP contribution in [0.2, 0.25) is 0 Å². The summed E-state index contributed by atoms with van der Waals surface area (Å²) in [5, 5.41) is 0.754. The average molecular weight is 282 g/mol. The van der Waals surface area contributed by atoms with Gasteiger partial charge >= 0.3 is 0 Å². The molecule has 1 aliphatic heterocycles. The molecule has 20 heavy (non-hydrogen) atoms. The largest absolute Gasteiger partial charge is 0.454 e. The summed E-state index contributed by atoms with van der Waals surface area (Å²) in [5.74, 6) is 1.54. The van der Waals surface area contributed by atoms with E-state index in [9.17, 15) is 0 Å². The molecule has 1 aliphatic rings. The highest BCUT2D eigenvalue weighted by Crippen LogP contribution is 2.32. The highest BCUT2D eigenvalue weighted by molar-refractivity contribution is 7.22. The monoisotopic (exact) mass is 282 g/mol. The molecule has 0 unspecified atom stereocenters. The van der Waals surface area contributed by atoms with Gasteiger partial charge in [-0.1, -0.05) is 23.5 Å². The Morgan fingerprint density at radius 3 is 2.95 bits per heavy atom. The van der Waals surface area contributed by atoms with E-state index in [-0.39, 0.29) is 6.79 Å². The Hall–Kier alpha value is -2.40. The molecule has 0 spiro atoms. The van der Waals surface area contributed by atoms with Gasteiger partial charge in [-0.3, -0.25) is 0 Å². The van der Waals surface area contributed by atoms with Gasteiger partial charge in [0, 0.05) is 6.21 Å². The van der Waals surface area contributed by atoms with Crippen LogP contribution in [-0.2, 0) is 0 Å². The molecule has 2 heterocycles. The molecular formula is C15H10N2O2S. The number of fused-ring (bicyclic) bond motifs is 2. The van der Waals surface area contributed by atoms with Gasteiger partial charge in [-0.25, -0.2) is 9.98 Å². The summed E-state index contributed by atoms with van der Waals surface area (Å²) in [6, 6.07) is 13.8. The maximum Gasteiger partial charge on any atom is 0.231 e. The minimum Gasteiger partial charge on any atom is -0.454 e. The van der Waals surface area contributed by atoms with Crippen molar-refractivity contribution in [3.8, 4) is 11.5 Å². The van der Waals surface area contributed by atoms with Crippen molar-refractivity contribution in [3.63, 3.8) is 0 Å². The Balaban J connectivity index is 1.64. The summed E-state index contributed by atoms with van der Waals surface area (Å²) in [6.45, 7) is 0.286. The quantitative estimate of drug-likeness (QED) is 0.672. The van der Waals surface area contributed by atoms with Crippen LogP contribution in [0, 0.1) is 0 Å². The number of aliphatic imine (C=N–C) groups is 1. The smallest absolute Gasteiger partial charge is 0.231 e. The highest BCUT2D eigenvalue weighted by atomic mass is 32.1. The fourth-order valence-electron chi connectivity index (χ4n) is 2.04. The molecule has 0 aliphatic carbocycles. The molecule has 4 nitrogen and oxygen atoms in total. The third-order valence-corrected chi connectivity index (χ3v) is 3.95. The van der Waals surface area contributed by atoms with Crippen molar-refractivity contribution >= 4 is 32.9 Å². The van der Waals surface area contributed by atoms with Gasteiger partial charge in [-0.2, -0.15) is 0 Å². The number of para-hydroxylation sites is 1.